The molecule has 1 aromatic heterocycles. The van der Waals surface area contributed by atoms with E-state index in [0.29, 0.717) is 0 Å². The first-order valence-electron chi connectivity index (χ1n) is 7.49. The van der Waals surface area contributed by atoms with Gasteiger partial charge < -0.3 is 9.88 Å². The fourth-order valence-corrected chi connectivity index (χ4v) is 2.57. The predicted molar refractivity (Wildman–Crippen MR) is 83.4 cm³/mol. The molecule has 0 bridgehead atoms. The minimum absolute atomic E-state index is 0.797. The van der Waals surface area contributed by atoms with Crippen molar-refractivity contribution in [1.82, 2.24) is 9.88 Å². The zero-order valence-corrected chi connectivity index (χ0v) is 12.4. The predicted octanol–water partition coefficient (Wildman–Crippen LogP) is 4.19. The second-order valence-electron chi connectivity index (χ2n) is 5.68. The van der Waals surface area contributed by atoms with Crippen molar-refractivity contribution in [3.05, 3.63) is 36.0 Å². The molecular formula is C17H26N2. The maximum atomic E-state index is 3.41. The second-order valence-corrected chi connectivity index (χ2v) is 5.68. The number of rotatable bonds is 7. The third kappa shape index (κ3) is 3.60. The van der Waals surface area contributed by atoms with E-state index in [-0.39, 0.29) is 0 Å². The summed E-state index contributed by atoms with van der Waals surface area (Å²) in [5.74, 6) is 0.797. The topological polar surface area (TPSA) is 17.0 Å². The highest BCUT2D eigenvalue weighted by atomic mass is 14.9. The van der Waals surface area contributed by atoms with Crippen LogP contribution in [0.15, 0.2) is 30.5 Å². The van der Waals surface area contributed by atoms with E-state index in [9.17, 15) is 0 Å². The lowest BCUT2D eigenvalue weighted by molar-refractivity contribution is 0.518. The summed E-state index contributed by atoms with van der Waals surface area (Å²) in [7, 11) is 0. The largest absolute Gasteiger partial charge is 0.347 e. The van der Waals surface area contributed by atoms with Crippen LogP contribution in [-0.4, -0.2) is 11.1 Å². The summed E-state index contributed by atoms with van der Waals surface area (Å²) in [5, 5.41) is 4.81. The maximum Gasteiger partial charge on any atom is 0.0483 e. The van der Waals surface area contributed by atoms with E-state index < -0.39 is 0 Å². The molecule has 1 N–H and O–H groups in total. The Morgan fingerprint density at radius 1 is 1.21 bits per heavy atom. The molecule has 0 saturated heterocycles. The van der Waals surface area contributed by atoms with Crippen molar-refractivity contribution in [3.8, 4) is 0 Å². The number of benzene rings is 1. The van der Waals surface area contributed by atoms with Crippen LogP contribution in [-0.2, 0) is 13.1 Å². The van der Waals surface area contributed by atoms with Gasteiger partial charge in [-0.15, -0.1) is 0 Å². The van der Waals surface area contributed by atoms with Gasteiger partial charge in [-0.25, -0.2) is 0 Å². The van der Waals surface area contributed by atoms with Gasteiger partial charge in [0.05, 0.1) is 0 Å². The number of aromatic nitrogens is 1. The molecule has 0 radical (unpaired) electrons. The average Bonchev–Trinajstić information content (AvgIpc) is 2.80. The lowest BCUT2D eigenvalue weighted by Crippen LogP contribution is -2.11. The van der Waals surface area contributed by atoms with Crippen LogP contribution in [0, 0.1) is 5.92 Å². The van der Waals surface area contributed by atoms with Gasteiger partial charge in [-0.3, -0.25) is 0 Å². The number of hydrogen-bond donors (Lipinski definition) is 1. The van der Waals surface area contributed by atoms with E-state index in [2.05, 4.69) is 61.1 Å². The first kappa shape index (κ1) is 14.1. The highest BCUT2D eigenvalue weighted by Crippen LogP contribution is 2.21. The Bertz CT molecular complexity index is 511. The van der Waals surface area contributed by atoms with Crippen LogP contribution in [0.3, 0.4) is 0 Å². The molecule has 2 rings (SSSR count). The molecule has 0 aliphatic rings. The van der Waals surface area contributed by atoms with Gasteiger partial charge in [-0.05, 0) is 43.0 Å². The Morgan fingerprint density at radius 2 is 2.05 bits per heavy atom. The fraction of sp³-hybridized carbons (Fsp3) is 0.529. The second kappa shape index (κ2) is 6.76. The quantitative estimate of drug-likeness (QED) is 0.788. The van der Waals surface area contributed by atoms with Gasteiger partial charge in [0, 0.05) is 30.2 Å². The summed E-state index contributed by atoms with van der Waals surface area (Å²) in [5.41, 5.74) is 2.78. The van der Waals surface area contributed by atoms with Gasteiger partial charge in [0.15, 0.2) is 0 Å². The third-order valence-corrected chi connectivity index (χ3v) is 3.65. The molecule has 2 aromatic rings. The molecule has 1 heterocycles. The summed E-state index contributed by atoms with van der Waals surface area (Å²) in [4.78, 5) is 0. The van der Waals surface area contributed by atoms with E-state index in [0.717, 1.165) is 25.6 Å². The van der Waals surface area contributed by atoms with Crippen LogP contribution < -0.4 is 5.32 Å². The standard InChI is InChI=1S/C17H26N2/c1-4-18-13-15-8-5-9-17-16(15)10-12-19(17)11-6-7-14(2)3/h5,8-10,12,14,18H,4,6-7,11,13H2,1-3H3. The van der Waals surface area contributed by atoms with Crippen LogP contribution >= 0.6 is 0 Å². The SMILES string of the molecule is CCNCc1cccc2c1ccn2CCCC(C)C. The van der Waals surface area contributed by atoms with Crippen molar-refractivity contribution in [3.63, 3.8) is 0 Å². The van der Waals surface area contributed by atoms with Crippen LogP contribution in [0.4, 0.5) is 0 Å². The lowest BCUT2D eigenvalue weighted by Gasteiger charge is -2.09. The zero-order chi connectivity index (χ0) is 13.7. The molecule has 0 saturated carbocycles. The average molecular weight is 258 g/mol. The smallest absolute Gasteiger partial charge is 0.0483 e. The Kier molecular flexibility index (Phi) is 5.03. The first-order valence-corrected chi connectivity index (χ1v) is 7.49. The van der Waals surface area contributed by atoms with E-state index in [1.807, 2.05) is 0 Å². The highest BCUT2D eigenvalue weighted by molar-refractivity contribution is 5.83. The summed E-state index contributed by atoms with van der Waals surface area (Å²) in [6.45, 7) is 9.85. The summed E-state index contributed by atoms with van der Waals surface area (Å²) < 4.78 is 2.40. The van der Waals surface area contributed by atoms with Crippen LogP contribution in [0.5, 0.6) is 0 Å². The number of hydrogen-bond acceptors (Lipinski definition) is 1. The monoisotopic (exact) mass is 258 g/mol. The molecule has 0 unspecified atom stereocenters. The normalized spacial score (nSPS) is 11.6. The number of fused-ring (bicyclic) bond motifs is 1. The molecule has 0 atom stereocenters. The number of aryl methyl sites for hydroxylation is 1. The molecule has 0 spiro atoms. The van der Waals surface area contributed by atoms with Gasteiger partial charge in [-0.2, -0.15) is 0 Å². The summed E-state index contributed by atoms with van der Waals surface area (Å²) in [6, 6.07) is 8.90. The van der Waals surface area contributed by atoms with Gasteiger partial charge in [-0.1, -0.05) is 32.9 Å². The molecule has 0 amide bonds. The van der Waals surface area contributed by atoms with Gasteiger partial charge in [0.25, 0.3) is 0 Å². The molecule has 1 aromatic carbocycles. The molecule has 104 valence electrons. The molecule has 19 heavy (non-hydrogen) atoms. The number of nitrogens with zero attached hydrogens (tertiary/aromatic N) is 1. The van der Waals surface area contributed by atoms with Crippen LogP contribution in [0.2, 0.25) is 0 Å². The zero-order valence-electron chi connectivity index (χ0n) is 12.4. The number of nitrogens with one attached hydrogen (secondary N) is 1. The van der Waals surface area contributed by atoms with Crippen molar-refractivity contribution < 1.29 is 0 Å². The highest BCUT2D eigenvalue weighted by Gasteiger charge is 2.05. The minimum atomic E-state index is 0.797. The van der Waals surface area contributed by atoms with Crippen molar-refractivity contribution in [2.24, 2.45) is 5.92 Å². The third-order valence-electron chi connectivity index (χ3n) is 3.65. The van der Waals surface area contributed by atoms with Crippen molar-refractivity contribution in [1.29, 1.82) is 0 Å². The van der Waals surface area contributed by atoms with Gasteiger partial charge in [0.2, 0.25) is 0 Å². The van der Waals surface area contributed by atoms with Crippen molar-refractivity contribution in [2.75, 3.05) is 6.54 Å². The van der Waals surface area contributed by atoms with E-state index in [4.69, 9.17) is 0 Å². The molecule has 2 nitrogen and oxygen atoms in total. The van der Waals surface area contributed by atoms with E-state index in [1.165, 1.54) is 29.3 Å². The van der Waals surface area contributed by atoms with Gasteiger partial charge >= 0.3 is 0 Å². The van der Waals surface area contributed by atoms with Crippen molar-refractivity contribution in [2.45, 2.75) is 46.7 Å². The van der Waals surface area contributed by atoms with Crippen molar-refractivity contribution >= 4 is 10.9 Å². The van der Waals surface area contributed by atoms with Crippen LogP contribution in [0.1, 0.15) is 39.2 Å². The van der Waals surface area contributed by atoms with E-state index >= 15 is 0 Å². The summed E-state index contributed by atoms with van der Waals surface area (Å²) >= 11 is 0. The molecular weight excluding hydrogens is 232 g/mol. The fourth-order valence-electron chi connectivity index (χ4n) is 2.57. The Labute approximate surface area is 116 Å². The van der Waals surface area contributed by atoms with E-state index in [1.54, 1.807) is 0 Å². The Hall–Kier alpha value is -1.28. The Morgan fingerprint density at radius 3 is 2.79 bits per heavy atom. The molecule has 0 fully saturated rings. The maximum absolute atomic E-state index is 3.41. The molecule has 2 heteroatoms. The van der Waals surface area contributed by atoms with Crippen LogP contribution in [0.25, 0.3) is 10.9 Å². The molecule has 0 aliphatic heterocycles. The van der Waals surface area contributed by atoms with Gasteiger partial charge in [0.1, 0.15) is 0 Å². The first-order chi connectivity index (χ1) is 9.22. The molecule has 0 aliphatic carbocycles. The summed E-state index contributed by atoms with van der Waals surface area (Å²) in [6.07, 6.45) is 4.80. The lowest BCUT2D eigenvalue weighted by atomic mass is 10.1. The minimum Gasteiger partial charge on any atom is -0.347 e. The Balaban J connectivity index is 2.13.